The van der Waals surface area contributed by atoms with Crippen molar-refractivity contribution >= 4 is 12.1 Å². The molecule has 166 valence electrons. The standard InChI is InChI=1S/C26H28N2O4/c1-4-30-24-15-22(13-14-23(24)31-17-21-11-6-5-7-12-21)16-27-28-25(29)18-32-26-19(2)9-8-10-20(26)3/h5-16H,4,17-18H2,1-3H3,(H,28,29). The molecule has 32 heavy (non-hydrogen) atoms. The molecule has 0 saturated heterocycles. The highest BCUT2D eigenvalue weighted by Crippen LogP contribution is 2.29. The number of ether oxygens (including phenoxy) is 3. The molecule has 0 unspecified atom stereocenters. The molecule has 0 bridgehead atoms. The van der Waals surface area contributed by atoms with Crippen molar-refractivity contribution in [2.24, 2.45) is 5.10 Å². The SMILES string of the molecule is CCOc1cc(C=NNC(=O)COc2c(C)cccc2C)ccc1OCc1ccccc1. The summed E-state index contributed by atoms with van der Waals surface area (Å²) in [6, 6.07) is 21.3. The molecule has 0 aliphatic heterocycles. The fourth-order valence-corrected chi connectivity index (χ4v) is 3.10. The normalized spacial score (nSPS) is 10.7. The molecule has 0 fully saturated rings. The zero-order valence-electron chi connectivity index (χ0n) is 18.6. The average molecular weight is 433 g/mol. The van der Waals surface area contributed by atoms with E-state index in [0.29, 0.717) is 24.7 Å². The molecule has 6 heteroatoms. The maximum Gasteiger partial charge on any atom is 0.277 e. The summed E-state index contributed by atoms with van der Waals surface area (Å²) in [6.45, 7) is 6.65. The van der Waals surface area contributed by atoms with Crippen LogP contribution in [0.2, 0.25) is 0 Å². The topological polar surface area (TPSA) is 69.2 Å². The second-order valence-corrected chi connectivity index (χ2v) is 7.22. The van der Waals surface area contributed by atoms with E-state index >= 15 is 0 Å². The zero-order chi connectivity index (χ0) is 22.8. The number of nitrogens with one attached hydrogen (secondary N) is 1. The van der Waals surface area contributed by atoms with Gasteiger partial charge in [-0.1, -0.05) is 48.5 Å². The van der Waals surface area contributed by atoms with Crippen molar-refractivity contribution in [2.45, 2.75) is 27.4 Å². The number of amides is 1. The Labute approximate surface area is 188 Å². The van der Waals surface area contributed by atoms with E-state index in [9.17, 15) is 4.79 Å². The molecule has 0 heterocycles. The van der Waals surface area contributed by atoms with E-state index in [0.717, 1.165) is 28.0 Å². The van der Waals surface area contributed by atoms with Gasteiger partial charge < -0.3 is 14.2 Å². The average Bonchev–Trinajstić information content (AvgIpc) is 2.79. The number of carbonyl (C=O) groups is 1. The summed E-state index contributed by atoms with van der Waals surface area (Å²) in [6.07, 6.45) is 1.56. The number of para-hydroxylation sites is 1. The Balaban J connectivity index is 1.56. The summed E-state index contributed by atoms with van der Waals surface area (Å²) in [7, 11) is 0. The third-order valence-electron chi connectivity index (χ3n) is 4.66. The lowest BCUT2D eigenvalue weighted by molar-refractivity contribution is -0.123. The van der Waals surface area contributed by atoms with Crippen LogP contribution in [0.4, 0.5) is 0 Å². The molecule has 3 aromatic carbocycles. The molecule has 0 spiro atoms. The summed E-state index contributed by atoms with van der Waals surface area (Å²) in [5, 5.41) is 4.02. The van der Waals surface area contributed by atoms with E-state index in [4.69, 9.17) is 14.2 Å². The molecule has 0 aromatic heterocycles. The maximum absolute atomic E-state index is 12.1. The second-order valence-electron chi connectivity index (χ2n) is 7.22. The summed E-state index contributed by atoms with van der Waals surface area (Å²) >= 11 is 0. The predicted octanol–water partition coefficient (Wildman–Crippen LogP) is 4.81. The van der Waals surface area contributed by atoms with Crippen LogP contribution in [0.5, 0.6) is 17.2 Å². The van der Waals surface area contributed by atoms with Crippen molar-refractivity contribution in [1.82, 2.24) is 5.43 Å². The summed E-state index contributed by atoms with van der Waals surface area (Å²) < 4.78 is 17.3. The number of aryl methyl sites for hydroxylation is 2. The molecule has 0 radical (unpaired) electrons. The van der Waals surface area contributed by atoms with Gasteiger partial charge in [0.1, 0.15) is 12.4 Å². The first-order valence-electron chi connectivity index (χ1n) is 10.5. The molecule has 0 aliphatic rings. The van der Waals surface area contributed by atoms with Crippen LogP contribution in [0.15, 0.2) is 71.8 Å². The number of rotatable bonds is 10. The van der Waals surface area contributed by atoms with Gasteiger partial charge in [0.05, 0.1) is 12.8 Å². The Hall–Kier alpha value is -3.80. The van der Waals surface area contributed by atoms with Crippen LogP contribution in [-0.4, -0.2) is 25.3 Å². The lowest BCUT2D eigenvalue weighted by atomic mass is 10.1. The number of nitrogens with zero attached hydrogens (tertiary/aromatic N) is 1. The smallest absolute Gasteiger partial charge is 0.277 e. The van der Waals surface area contributed by atoms with Crippen molar-refractivity contribution in [3.05, 3.63) is 89.0 Å². The molecule has 3 rings (SSSR count). The Morgan fingerprint density at radius 1 is 0.906 bits per heavy atom. The van der Waals surface area contributed by atoms with Crippen molar-refractivity contribution in [1.29, 1.82) is 0 Å². The number of hydrazone groups is 1. The largest absolute Gasteiger partial charge is 0.490 e. The van der Waals surface area contributed by atoms with Crippen LogP contribution in [0.1, 0.15) is 29.2 Å². The molecule has 1 amide bonds. The van der Waals surface area contributed by atoms with Gasteiger partial charge in [-0.25, -0.2) is 5.43 Å². The van der Waals surface area contributed by atoms with Gasteiger partial charge >= 0.3 is 0 Å². The third kappa shape index (κ3) is 6.60. The second kappa shape index (κ2) is 11.6. The number of hydrogen-bond donors (Lipinski definition) is 1. The first-order chi connectivity index (χ1) is 15.6. The summed E-state index contributed by atoms with van der Waals surface area (Å²) in [5.74, 6) is 1.66. The van der Waals surface area contributed by atoms with Crippen LogP contribution in [0.25, 0.3) is 0 Å². The van der Waals surface area contributed by atoms with Crippen molar-refractivity contribution in [2.75, 3.05) is 13.2 Å². The minimum Gasteiger partial charge on any atom is -0.490 e. The number of carbonyl (C=O) groups excluding carboxylic acids is 1. The van der Waals surface area contributed by atoms with Crippen LogP contribution < -0.4 is 19.6 Å². The van der Waals surface area contributed by atoms with Crippen LogP contribution in [-0.2, 0) is 11.4 Å². The van der Waals surface area contributed by atoms with Gasteiger partial charge in [0, 0.05) is 0 Å². The van der Waals surface area contributed by atoms with Crippen LogP contribution in [0, 0.1) is 13.8 Å². The van der Waals surface area contributed by atoms with Gasteiger partial charge in [-0.05, 0) is 61.2 Å². The first-order valence-corrected chi connectivity index (χ1v) is 10.5. The minimum atomic E-state index is -0.336. The van der Waals surface area contributed by atoms with Crippen molar-refractivity contribution in [3.8, 4) is 17.2 Å². The summed E-state index contributed by atoms with van der Waals surface area (Å²) in [4.78, 5) is 12.1. The Morgan fingerprint density at radius 3 is 2.38 bits per heavy atom. The number of hydrogen-bond acceptors (Lipinski definition) is 5. The Kier molecular flexibility index (Phi) is 8.26. The number of benzene rings is 3. The maximum atomic E-state index is 12.1. The highest BCUT2D eigenvalue weighted by atomic mass is 16.5. The van der Waals surface area contributed by atoms with Crippen molar-refractivity contribution in [3.63, 3.8) is 0 Å². The van der Waals surface area contributed by atoms with Crippen LogP contribution >= 0.6 is 0 Å². The quantitative estimate of drug-likeness (QED) is 0.369. The third-order valence-corrected chi connectivity index (χ3v) is 4.66. The molecule has 1 N–H and O–H groups in total. The van der Waals surface area contributed by atoms with E-state index in [1.807, 2.05) is 87.5 Å². The monoisotopic (exact) mass is 432 g/mol. The minimum absolute atomic E-state index is 0.112. The zero-order valence-corrected chi connectivity index (χ0v) is 18.6. The van der Waals surface area contributed by atoms with E-state index in [1.54, 1.807) is 6.21 Å². The Morgan fingerprint density at radius 2 is 1.66 bits per heavy atom. The van der Waals surface area contributed by atoms with Gasteiger partial charge in [0.15, 0.2) is 18.1 Å². The summed E-state index contributed by atoms with van der Waals surface area (Å²) in [5.41, 5.74) is 6.31. The van der Waals surface area contributed by atoms with E-state index in [-0.39, 0.29) is 12.5 Å². The van der Waals surface area contributed by atoms with Gasteiger partial charge in [-0.3, -0.25) is 4.79 Å². The fourth-order valence-electron chi connectivity index (χ4n) is 3.10. The fraction of sp³-hybridized carbons (Fsp3) is 0.231. The van der Waals surface area contributed by atoms with Crippen LogP contribution in [0.3, 0.4) is 0 Å². The van der Waals surface area contributed by atoms with Gasteiger partial charge in [0.25, 0.3) is 5.91 Å². The molecule has 0 atom stereocenters. The lowest BCUT2D eigenvalue weighted by Crippen LogP contribution is -2.25. The van der Waals surface area contributed by atoms with Gasteiger partial charge in [-0.2, -0.15) is 5.10 Å². The molecule has 3 aromatic rings. The van der Waals surface area contributed by atoms with E-state index in [1.165, 1.54) is 0 Å². The molecular weight excluding hydrogens is 404 g/mol. The lowest BCUT2D eigenvalue weighted by Gasteiger charge is -2.12. The molecule has 0 saturated carbocycles. The molecular formula is C26H28N2O4. The molecule has 6 nitrogen and oxygen atoms in total. The van der Waals surface area contributed by atoms with E-state index < -0.39 is 0 Å². The highest BCUT2D eigenvalue weighted by Gasteiger charge is 2.08. The van der Waals surface area contributed by atoms with Crippen molar-refractivity contribution < 1.29 is 19.0 Å². The Bertz CT molecular complexity index is 1040. The van der Waals surface area contributed by atoms with E-state index in [2.05, 4.69) is 10.5 Å². The molecule has 0 aliphatic carbocycles. The highest BCUT2D eigenvalue weighted by molar-refractivity contribution is 5.83. The first kappa shape index (κ1) is 22.9. The van der Waals surface area contributed by atoms with Gasteiger partial charge in [0.2, 0.25) is 0 Å². The van der Waals surface area contributed by atoms with Gasteiger partial charge in [-0.15, -0.1) is 0 Å². The predicted molar refractivity (Wildman–Crippen MR) is 126 cm³/mol.